The molecule has 0 spiro atoms. The van der Waals surface area contributed by atoms with Crippen molar-refractivity contribution >= 4 is 29.2 Å². The van der Waals surface area contributed by atoms with Crippen LogP contribution in [-0.4, -0.2) is 16.9 Å². The van der Waals surface area contributed by atoms with Crippen molar-refractivity contribution in [2.75, 3.05) is 6.61 Å². The van der Waals surface area contributed by atoms with Gasteiger partial charge in [0.05, 0.1) is 13.0 Å². The predicted molar refractivity (Wildman–Crippen MR) is 69.1 cm³/mol. The van der Waals surface area contributed by atoms with Crippen LogP contribution < -0.4 is 0 Å². The number of esters is 1. The molecule has 0 aliphatic heterocycles. The van der Waals surface area contributed by atoms with Gasteiger partial charge in [-0.05, 0) is 13.3 Å². The average molecular weight is 269 g/mol. The van der Waals surface area contributed by atoms with Crippen LogP contribution in [0.15, 0.2) is 0 Å². The summed E-state index contributed by atoms with van der Waals surface area (Å²) in [6, 6.07) is 0. The Morgan fingerprint density at radius 1 is 1.12 bits per heavy atom. The van der Waals surface area contributed by atoms with Crippen LogP contribution in [-0.2, 0) is 9.53 Å². The molecular formula is C12H22Cl2O2. The Hall–Kier alpha value is 0.0500. The maximum atomic E-state index is 11.2. The maximum Gasteiger partial charge on any atom is 0.308 e. The van der Waals surface area contributed by atoms with E-state index < -0.39 is 4.33 Å². The second-order valence-electron chi connectivity index (χ2n) is 4.00. The SMILES string of the molecule is CCCCCCCC(Cl)(Cl)CC(=O)OCC. The number of carbonyl (C=O) groups is 1. The van der Waals surface area contributed by atoms with Crippen molar-refractivity contribution in [2.45, 2.75) is 63.1 Å². The predicted octanol–water partition coefficient (Wildman–Crippen LogP) is 4.47. The van der Waals surface area contributed by atoms with Gasteiger partial charge in [0.15, 0.2) is 0 Å². The van der Waals surface area contributed by atoms with Crippen molar-refractivity contribution in [3.8, 4) is 0 Å². The molecule has 0 atom stereocenters. The van der Waals surface area contributed by atoms with E-state index in [0.717, 1.165) is 12.8 Å². The third-order valence-electron chi connectivity index (χ3n) is 2.35. The first-order chi connectivity index (χ1) is 7.52. The topological polar surface area (TPSA) is 26.3 Å². The lowest BCUT2D eigenvalue weighted by Crippen LogP contribution is -2.20. The summed E-state index contributed by atoms with van der Waals surface area (Å²) in [6.07, 6.45) is 6.49. The molecule has 96 valence electrons. The number of halogens is 2. The van der Waals surface area contributed by atoms with E-state index in [2.05, 4.69) is 6.92 Å². The van der Waals surface area contributed by atoms with Crippen LogP contribution in [0.3, 0.4) is 0 Å². The molecule has 0 heterocycles. The highest BCUT2D eigenvalue weighted by Crippen LogP contribution is 2.32. The molecule has 0 aliphatic carbocycles. The highest BCUT2D eigenvalue weighted by molar-refractivity contribution is 6.49. The van der Waals surface area contributed by atoms with E-state index in [1.807, 2.05) is 0 Å². The summed E-state index contributed by atoms with van der Waals surface area (Å²) in [6.45, 7) is 4.32. The molecule has 0 aromatic carbocycles. The van der Waals surface area contributed by atoms with Crippen LogP contribution in [0, 0.1) is 0 Å². The fourth-order valence-electron chi connectivity index (χ4n) is 1.50. The van der Waals surface area contributed by atoms with Crippen molar-refractivity contribution in [1.29, 1.82) is 0 Å². The van der Waals surface area contributed by atoms with Gasteiger partial charge in [-0.2, -0.15) is 0 Å². The molecule has 0 bridgehead atoms. The summed E-state index contributed by atoms with van der Waals surface area (Å²) in [5.74, 6) is -0.318. The Labute approximate surface area is 109 Å². The van der Waals surface area contributed by atoms with E-state index in [1.54, 1.807) is 6.92 Å². The van der Waals surface area contributed by atoms with E-state index in [-0.39, 0.29) is 12.4 Å². The highest BCUT2D eigenvalue weighted by atomic mass is 35.5. The molecule has 0 amide bonds. The summed E-state index contributed by atoms with van der Waals surface area (Å²) < 4.78 is 3.85. The lowest BCUT2D eigenvalue weighted by atomic mass is 10.1. The van der Waals surface area contributed by atoms with Gasteiger partial charge in [0.1, 0.15) is 4.33 Å². The molecule has 0 saturated heterocycles. The molecule has 0 rings (SSSR count). The molecule has 0 aliphatic rings. The Balaban J connectivity index is 3.65. The van der Waals surface area contributed by atoms with Crippen molar-refractivity contribution in [2.24, 2.45) is 0 Å². The smallest absolute Gasteiger partial charge is 0.308 e. The van der Waals surface area contributed by atoms with E-state index in [4.69, 9.17) is 27.9 Å². The Bertz CT molecular complexity index is 193. The second-order valence-corrected chi connectivity index (χ2v) is 5.64. The van der Waals surface area contributed by atoms with Crippen molar-refractivity contribution < 1.29 is 9.53 Å². The number of hydrogen-bond acceptors (Lipinski definition) is 2. The molecule has 0 radical (unpaired) electrons. The second kappa shape index (κ2) is 9.12. The third-order valence-corrected chi connectivity index (χ3v) is 3.00. The summed E-state index contributed by atoms with van der Waals surface area (Å²) >= 11 is 12.1. The van der Waals surface area contributed by atoms with Crippen molar-refractivity contribution in [1.82, 2.24) is 0 Å². The number of carbonyl (C=O) groups excluding carboxylic acids is 1. The zero-order valence-electron chi connectivity index (χ0n) is 10.2. The van der Waals surface area contributed by atoms with Crippen LogP contribution in [0.2, 0.25) is 0 Å². The van der Waals surface area contributed by atoms with E-state index in [9.17, 15) is 4.79 Å². The standard InChI is InChI=1S/C12H22Cl2O2/c1-3-5-6-7-8-9-12(13,14)10-11(15)16-4-2/h3-10H2,1-2H3. The van der Waals surface area contributed by atoms with Gasteiger partial charge in [0.2, 0.25) is 0 Å². The number of ether oxygens (including phenoxy) is 1. The van der Waals surface area contributed by atoms with Gasteiger partial charge >= 0.3 is 5.97 Å². The molecule has 0 aromatic heterocycles. The quantitative estimate of drug-likeness (QED) is 0.350. The number of hydrogen-bond donors (Lipinski definition) is 0. The molecule has 16 heavy (non-hydrogen) atoms. The molecule has 0 aromatic rings. The molecular weight excluding hydrogens is 247 g/mol. The van der Waals surface area contributed by atoms with Gasteiger partial charge in [-0.1, -0.05) is 39.0 Å². The molecule has 4 heteroatoms. The van der Waals surface area contributed by atoms with Crippen molar-refractivity contribution in [3.05, 3.63) is 0 Å². The zero-order chi connectivity index (χ0) is 12.4. The van der Waals surface area contributed by atoms with Gasteiger partial charge in [-0.3, -0.25) is 4.79 Å². The van der Waals surface area contributed by atoms with Gasteiger partial charge in [0.25, 0.3) is 0 Å². The molecule has 0 N–H and O–H groups in total. The summed E-state index contributed by atoms with van der Waals surface area (Å²) in [5.41, 5.74) is 0. The van der Waals surface area contributed by atoms with E-state index in [0.29, 0.717) is 13.0 Å². The Morgan fingerprint density at radius 2 is 1.75 bits per heavy atom. The summed E-state index contributed by atoms with van der Waals surface area (Å²) in [4.78, 5) is 11.2. The fraction of sp³-hybridized carbons (Fsp3) is 0.917. The third kappa shape index (κ3) is 9.29. The first kappa shape index (κ1) is 16.1. The van der Waals surface area contributed by atoms with Crippen LogP contribution >= 0.6 is 23.2 Å². The monoisotopic (exact) mass is 268 g/mol. The van der Waals surface area contributed by atoms with Gasteiger partial charge in [-0.15, -0.1) is 23.2 Å². The Kier molecular flexibility index (Phi) is 9.15. The maximum absolute atomic E-state index is 11.2. The number of alkyl halides is 2. The van der Waals surface area contributed by atoms with Crippen LogP contribution in [0.5, 0.6) is 0 Å². The lowest BCUT2D eigenvalue weighted by Gasteiger charge is -2.18. The average Bonchev–Trinajstić information content (AvgIpc) is 2.16. The minimum absolute atomic E-state index is 0.0811. The summed E-state index contributed by atoms with van der Waals surface area (Å²) in [7, 11) is 0. The van der Waals surface area contributed by atoms with Crippen molar-refractivity contribution in [3.63, 3.8) is 0 Å². The van der Waals surface area contributed by atoms with Crippen LogP contribution in [0.1, 0.15) is 58.8 Å². The van der Waals surface area contributed by atoms with Gasteiger partial charge in [-0.25, -0.2) is 0 Å². The Morgan fingerprint density at radius 3 is 2.31 bits per heavy atom. The largest absolute Gasteiger partial charge is 0.466 e. The molecule has 2 nitrogen and oxygen atoms in total. The fourth-order valence-corrected chi connectivity index (χ4v) is 1.98. The van der Waals surface area contributed by atoms with E-state index in [1.165, 1.54) is 19.3 Å². The lowest BCUT2D eigenvalue weighted by molar-refractivity contribution is -0.143. The van der Waals surface area contributed by atoms with Gasteiger partial charge in [0, 0.05) is 0 Å². The first-order valence-corrected chi connectivity index (χ1v) is 6.81. The van der Waals surface area contributed by atoms with Crippen LogP contribution in [0.4, 0.5) is 0 Å². The molecule has 0 saturated carbocycles. The molecule has 0 fully saturated rings. The van der Waals surface area contributed by atoms with Crippen LogP contribution in [0.25, 0.3) is 0 Å². The first-order valence-electron chi connectivity index (χ1n) is 6.05. The molecule has 0 unspecified atom stereocenters. The zero-order valence-corrected chi connectivity index (χ0v) is 11.7. The van der Waals surface area contributed by atoms with Gasteiger partial charge < -0.3 is 4.74 Å². The normalized spacial score (nSPS) is 11.5. The minimum Gasteiger partial charge on any atom is -0.466 e. The number of rotatable bonds is 9. The number of unbranched alkanes of at least 4 members (excludes halogenated alkanes) is 4. The minimum atomic E-state index is -0.960. The highest BCUT2D eigenvalue weighted by Gasteiger charge is 2.27. The summed E-state index contributed by atoms with van der Waals surface area (Å²) in [5, 5.41) is 0. The van der Waals surface area contributed by atoms with E-state index >= 15 is 0 Å².